The average molecular weight is 500 g/mol. The highest BCUT2D eigenvalue weighted by molar-refractivity contribution is 7.09. The Morgan fingerprint density at radius 3 is 2.37 bits per heavy atom. The number of Topliss-reactive ketones (excluding diaryl/α,β-unsaturated/α-hetero) is 1. The largest absolute Gasteiger partial charge is 0.478 e. The molecule has 2 aromatic carbocycles. The molecule has 0 radical (unpaired) electrons. The number of ketones is 1. The van der Waals surface area contributed by atoms with E-state index < -0.39 is 17.7 Å². The number of hydrogen-bond donors (Lipinski definition) is 1. The number of rotatable bonds is 8. The summed E-state index contributed by atoms with van der Waals surface area (Å²) < 4.78 is 42.2. The first kappa shape index (κ1) is 24.3. The number of aryl methyl sites for hydroxylation is 2. The van der Waals surface area contributed by atoms with E-state index in [1.165, 1.54) is 35.3 Å². The molecule has 0 unspecified atom stereocenters. The monoisotopic (exact) mass is 499 g/mol. The molecule has 10 heteroatoms. The lowest BCUT2D eigenvalue weighted by Crippen LogP contribution is -2.06. The van der Waals surface area contributed by atoms with Gasteiger partial charge in [0.1, 0.15) is 5.01 Å². The van der Waals surface area contributed by atoms with Gasteiger partial charge < -0.3 is 5.11 Å². The van der Waals surface area contributed by atoms with Gasteiger partial charge in [-0.05, 0) is 49.1 Å². The van der Waals surface area contributed by atoms with Gasteiger partial charge in [0.05, 0.1) is 29.6 Å². The molecule has 2 aromatic heterocycles. The van der Waals surface area contributed by atoms with Crippen molar-refractivity contribution in [3.05, 3.63) is 93.1 Å². The third-order valence-electron chi connectivity index (χ3n) is 5.41. The van der Waals surface area contributed by atoms with Crippen molar-refractivity contribution in [3.63, 3.8) is 0 Å². The smallest absolute Gasteiger partial charge is 0.416 e. The maximum Gasteiger partial charge on any atom is 0.416 e. The predicted molar refractivity (Wildman–Crippen MR) is 125 cm³/mol. The maximum absolute atomic E-state index is 13.6. The van der Waals surface area contributed by atoms with Crippen LogP contribution in [-0.4, -0.2) is 31.6 Å². The molecule has 35 heavy (non-hydrogen) atoms. The Morgan fingerprint density at radius 2 is 1.74 bits per heavy atom. The number of hydrogen-bond acceptors (Lipinski definition) is 5. The fourth-order valence-corrected chi connectivity index (χ4v) is 4.35. The lowest BCUT2D eigenvalue weighted by molar-refractivity contribution is -0.137. The molecular formula is C25H20F3N3O3S. The number of benzene rings is 2. The second kappa shape index (κ2) is 9.83. The second-order valence-electron chi connectivity index (χ2n) is 8.03. The van der Waals surface area contributed by atoms with E-state index in [0.717, 1.165) is 17.7 Å². The molecule has 1 N–H and O–H groups in total. The SMILES string of the molecule is CC(=O)c1ccc(CCc2cc(-c3csc(Cn4cc(C(=O)O)cn4)n3)cc(C(F)(F)F)c2)cc1. The zero-order valence-electron chi connectivity index (χ0n) is 18.5. The zero-order chi connectivity index (χ0) is 25.2. The van der Waals surface area contributed by atoms with Gasteiger partial charge in [0.2, 0.25) is 0 Å². The molecule has 0 atom stereocenters. The summed E-state index contributed by atoms with van der Waals surface area (Å²) in [5.74, 6) is -1.14. The summed E-state index contributed by atoms with van der Waals surface area (Å²) in [5.41, 5.74) is 2.10. The van der Waals surface area contributed by atoms with Crippen molar-refractivity contribution in [2.45, 2.75) is 32.5 Å². The van der Waals surface area contributed by atoms with Gasteiger partial charge in [-0.3, -0.25) is 9.48 Å². The van der Waals surface area contributed by atoms with Crippen LogP contribution in [0.1, 0.15) is 49.3 Å². The first-order chi connectivity index (χ1) is 16.6. The Kier molecular flexibility index (Phi) is 6.83. The molecule has 0 spiro atoms. The van der Waals surface area contributed by atoms with Crippen molar-refractivity contribution in [2.24, 2.45) is 0 Å². The fourth-order valence-electron chi connectivity index (χ4n) is 3.56. The van der Waals surface area contributed by atoms with E-state index in [-0.39, 0.29) is 17.9 Å². The van der Waals surface area contributed by atoms with Crippen LogP contribution in [0.4, 0.5) is 13.2 Å². The molecular weight excluding hydrogens is 479 g/mol. The molecule has 0 aliphatic heterocycles. The Labute approximate surface area is 202 Å². The van der Waals surface area contributed by atoms with Crippen LogP contribution in [-0.2, 0) is 25.6 Å². The first-order valence-electron chi connectivity index (χ1n) is 10.6. The van der Waals surface area contributed by atoms with Gasteiger partial charge in [-0.25, -0.2) is 9.78 Å². The van der Waals surface area contributed by atoms with Crippen LogP contribution in [0, 0.1) is 0 Å². The van der Waals surface area contributed by atoms with Crippen LogP contribution in [0.5, 0.6) is 0 Å². The predicted octanol–water partition coefficient (Wildman–Crippen LogP) is 5.76. The van der Waals surface area contributed by atoms with Crippen molar-refractivity contribution in [1.29, 1.82) is 0 Å². The van der Waals surface area contributed by atoms with E-state index in [4.69, 9.17) is 5.11 Å². The Balaban J connectivity index is 1.56. The zero-order valence-corrected chi connectivity index (χ0v) is 19.4. The van der Waals surface area contributed by atoms with E-state index in [1.807, 2.05) is 12.1 Å². The fraction of sp³-hybridized carbons (Fsp3) is 0.200. The van der Waals surface area contributed by atoms with E-state index in [0.29, 0.717) is 40.2 Å². The molecule has 180 valence electrons. The lowest BCUT2D eigenvalue weighted by Gasteiger charge is -2.12. The molecule has 0 fully saturated rings. The molecule has 2 heterocycles. The molecule has 0 saturated carbocycles. The number of thiazole rings is 1. The highest BCUT2D eigenvalue weighted by Gasteiger charge is 2.31. The summed E-state index contributed by atoms with van der Waals surface area (Å²) in [6, 6.07) is 11.0. The van der Waals surface area contributed by atoms with Crippen molar-refractivity contribution in [3.8, 4) is 11.3 Å². The van der Waals surface area contributed by atoms with Gasteiger partial charge in [-0.2, -0.15) is 18.3 Å². The number of alkyl halides is 3. The van der Waals surface area contributed by atoms with Gasteiger partial charge in [-0.15, -0.1) is 11.3 Å². The number of carbonyl (C=O) groups excluding carboxylic acids is 1. The minimum atomic E-state index is -4.50. The standard InChI is InChI=1S/C25H20F3N3O3S/c1-15(32)18-6-4-16(5-7-18)2-3-17-8-19(10-21(9-17)25(26,27)28)22-14-35-23(30-22)13-31-12-20(11-29-31)24(33)34/h4-12,14H,2-3,13H2,1H3,(H,33,34). The summed E-state index contributed by atoms with van der Waals surface area (Å²) in [6.07, 6.45) is -1.00. The molecule has 4 aromatic rings. The van der Waals surface area contributed by atoms with Gasteiger partial charge in [0.25, 0.3) is 0 Å². The number of carboxylic acids is 1. The van der Waals surface area contributed by atoms with Crippen LogP contribution < -0.4 is 0 Å². The molecule has 0 amide bonds. The number of aromatic nitrogens is 3. The number of aromatic carboxylic acids is 1. The first-order valence-corrected chi connectivity index (χ1v) is 11.5. The highest BCUT2D eigenvalue weighted by atomic mass is 32.1. The molecule has 0 aliphatic rings. The van der Waals surface area contributed by atoms with Gasteiger partial charge in [0, 0.05) is 22.7 Å². The van der Waals surface area contributed by atoms with Crippen LogP contribution in [0.15, 0.2) is 60.2 Å². The maximum atomic E-state index is 13.6. The van der Waals surface area contributed by atoms with E-state index in [9.17, 15) is 22.8 Å². The molecule has 0 aliphatic carbocycles. The van der Waals surface area contributed by atoms with E-state index >= 15 is 0 Å². The van der Waals surface area contributed by atoms with Crippen LogP contribution in [0.2, 0.25) is 0 Å². The summed E-state index contributed by atoms with van der Waals surface area (Å²) in [5, 5.41) is 15.3. The lowest BCUT2D eigenvalue weighted by atomic mass is 9.98. The quantitative estimate of drug-likeness (QED) is 0.312. The van der Waals surface area contributed by atoms with Crippen molar-refractivity contribution < 1.29 is 27.9 Å². The van der Waals surface area contributed by atoms with Crippen LogP contribution in [0.3, 0.4) is 0 Å². The second-order valence-corrected chi connectivity index (χ2v) is 8.97. The minimum Gasteiger partial charge on any atom is -0.478 e. The van der Waals surface area contributed by atoms with E-state index in [1.54, 1.807) is 23.6 Å². The highest BCUT2D eigenvalue weighted by Crippen LogP contribution is 2.34. The summed E-state index contributed by atoms with van der Waals surface area (Å²) in [6.45, 7) is 1.69. The molecule has 4 rings (SSSR count). The number of nitrogens with zero attached hydrogens (tertiary/aromatic N) is 3. The number of carbonyl (C=O) groups is 2. The van der Waals surface area contributed by atoms with Gasteiger partial charge in [0.15, 0.2) is 5.78 Å². The molecule has 0 saturated heterocycles. The van der Waals surface area contributed by atoms with Crippen molar-refractivity contribution in [2.75, 3.05) is 0 Å². The Hall–Kier alpha value is -3.79. The molecule has 6 nitrogen and oxygen atoms in total. The third kappa shape index (κ3) is 6.02. The number of halogens is 3. The summed E-state index contributed by atoms with van der Waals surface area (Å²) >= 11 is 1.26. The number of carboxylic acid groups (broad SMARTS) is 1. The summed E-state index contributed by atoms with van der Waals surface area (Å²) in [4.78, 5) is 26.9. The molecule has 0 bridgehead atoms. The topological polar surface area (TPSA) is 85.1 Å². The Bertz CT molecular complexity index is 1370. The summed E-state index contributed by atoms with van der Waals surface area (Å²) in [7, 11) is 0. The minimum absolute atomic E-state index is 0.0419. The van der Waals surface area contributed by atoms with E-state index in [2.05, 4.69) is 10.1 Å². The van der Waals surface area contributed by atoms with Crippen LogP contribution in [0.25, 0.3) is 11.3 Å². The van der Waals surface area contributed by atoms with Crippen molar-refractivity contribution in [1.82, 2.24) is 14.8 Å². The van der Waals surface area contributed by atoms with Crippen LogP contribution >= 0.6 is 11.3 Å². The van der Waals surface area contributed by atoms with Gasteiger partial charge in [-0.1, -0.05) is 24.3 Å². The normalized spacial score (nSPS) is 11.5. The van der Waals surface area contributed by atoms with Gasteiger partial charge >= 0.3 is 12.1 Å². The third-order valence-corrected chi connectivity index (χ3v) is 6.24. The Morgan fingerprint density at radius 1 is 1.03 bits per heavy atom. The average Bonchev–Trinajstić information content (AvgIpc) is 3.47. The van der Waals surface area contributed by atoms with Crippen molar-refractivity contribution >= 4 is 23.1 Å².